The van der Waals surface area contributed by atoms with E-state index in [4.69, 9.17) is 20.9 Å². The van der Waals surface area contributed by atoms with E-state index in [1.807, 2.05) is 24.3 Å². The van der Waals surface area contributed by atoms with E-state index < -0.39 is 0 Å². The predicted molar refractivity (Wildman–Crippen MR) is 92.6 cm³/mol. The second-order valence-corrected chi connectivity index (χ2v) is 5.50. The Morgan fingerprint density at radius 2 is 1.88 bits per heavy atom. The van der Waals surface area contributed by atoms with Crippen LogP contribution in [0.3, 0.4) is 0 Å². The molecule has 0 spiro atoms. The van der Waals surface area contributed by atoms with E-state index in [2.05, 4.69) is 10.5 Å². The van der Waals surface area contributed by atoms with Gasteiger partial charge in [-0.25, -0.2) is 0 Å². The third-order valence-corrected chi connectivity index (χ3v) is 3.90. The van der Waals surface area contributed by atoms with E-state index in [0.29, 0.717) is 39.0 Å². The van der Waals surface area contributed by atoms with Crippen molar-refractivity contribution in [3.05, 3.63) is 64.9 Å². The lowest BCUT2D eigenvalue weighted by atomic mass is 10.1. The molecule has 3 rings (SSSR count). The van der Waals surface area contributed by atoms with Crippen LogP contribution in [0, 0.1) is 6.92 Å². The summed E-state index contributed by atoms with van der Waals surface area (Å²) in [7, 11) is 1.55. The van der Waals surface area contributed by atoms with Gasteiger partial charge in [0.05, 0.1) is 17.8 Å². The van der Waals surface area contributed by atoms with Crippen molar-refractivity contribution < 1.29 is 14.1 Å². The third kappa shape index (κ3) is 2.98. The number of rotatable bonds is 4. The van der Waals surface area contributed by atoms with Crippen molar-refractivity contribution >= 4 is 23.2 Å². The lowest BCUT2D eigenvalue weighted by Crippen LogP contribution is -2.14. The molecule has 1 N–H and O–H groups in total. The smallest absolute Gasteiger partial charge is 0.261 e. The zero-order valence-electron chi connectivity index (χ0n) is 13.2. The highest BCUT2D eigenvalue weighted by Crippen LogP contribution is 2.32. The van der Waals surface area contributed by atoms with Crippen molar-refractivity contribution in [2.75, 3.05) is 12.4 Å². The van der Waals surface area contributed by atoms with Gasteiger partial charge in [-0.2, -0.15) is 0 Å². The Bertz CT molecular complexity index is 889. The fourth-order valence-electron chi connectivity index (χ4n) is 2.41. The standard InChI is InChI=1S/C18H15ClN2O3/c1-11-16(17(21-24-11)12-7-3-4-8-13(12)19)18(22)20-14-9-5-6-10-15(14)23-2/h3-10H,1-2H3,(H,20,22). The van der Waals surface area contributed by atoms with Crippen molar-refractivity contribution in [1.82, 2.24) is 5.16 Å². The Kier molecular flexibility index (Phi) is 4.53. The maximum absolute atomic E-state index is 12.8. The molecule has 1 amide bonds. The topological polar surface area (TPSA) is 64.4 Å². The minimum absolute atomic E-state index is 0.340. The van der Waals surface area contributed by atoms with Crippen molar-refractivity contribution in [2.24, 2.45) is 0 Å². The molecule has 0 bridgehead atoms. The molecule has 0 atom stereocenters. The van der Waals surface area contributed by atoms with Crippen LogP contribution in [0.1, 0.15) is 16.1 Å². The Hall–Kier alpha value is -2.79. The molecule has 1 aromatic heterocycles. The number of anilines is 1. The summed E-state index contributed by atoms with van der Waals surface area (Å²) in [5, 5.41) is 7.33. The van der Waals surface area contributed by atoms with Crippen LogP contribution in [-0.2, 0) is 0 Å². The predicted octanol–water partition coefficient (Wildman–Crippen LogP) is 4.56. The molecule has 0 aliphatic rings. The van der Waals surface area contributed by atoms with Crippen LogP contribution in [0.5, 0.6) is 5.75 Å². The lowest BCUT2D eigenvalue weighted by molar-refractivity contribution is 0.102. The molecule has 3 aromatic rings. The average molecular weight is 343 g/mol. The number of nitrogens with zero attached hydrogens (tertiary/aromatic N) is 1. The number of benzene rings is 2. The van der Waals surface area contributed by atoms with Crippen LogP contribution >= 0.6 is 11.6 Å². The molecule has 0 unspecified atom stereocenters. The van der Waals surface area contributed by atoms with Crippen LogP contribution in [-0.4, -0.2) is 18.2 Å². The fraction of sp³-hybridized carbons (Fsp3) is 0.111. The summed E-state index contributed by atoms with van der Waals surface area (Å²) < 4.78 is 10.5. The van der Waals surface area contributed by atoms with Crippen LogP contribution in [0.15, 0.2) is 53.1 Å². The normalized spacial score (nSPS) is 10.5. The van der Waals surface area contributed by atoms with Gasteiger partial charge in [0, 0.05) is 5.56 Å². The van der Waals surface area contributed by atoms with Gasteiger partial charge in [0.15, 0.2) is 0 Å². The number of aryl methyl sites for hydroxylation is 1. The van der Waals surface area contributed by atoms with E-state index in [1.54, 1.807) is 38.3 Å². The zero-order chi connectivity index (χ0) is 17.1. The lowest BCUT2D eigenvalue weighted by Gasteiger charge is -2.10. The summed E-state index contributed by atoms with van der Waals surface area (Å²) in [5.41, 5.74) is 1.96. The van der Waals surface area contributed by atoms with E-state index in [1.165, 1.54) is 0 Å². The number of carbonyl (C=O) groups excluding carboxylic acids is 1. The second-order valence-electron chi connectivity index (χ2n) is 5.10. The number of nitrogens with one attached hydrogen (secondary N) is 1. The molecule has 6 heteroatoms. The van der Waals surface area contributed by atoms with Gasteiger partial charge in [-0.3, -0.25) is 4.79 Å². The number of aromatic nitrogens is 1. The Morgan fingerprint density at radius 3 is 2.62 bits per heavy atom. The molecule has 24 heavy (non-hydrogen) atoms. The van der Waals surface area contributed by atoms with Crippen molar-refractivity contribution in [1.29, 1.82) is 0 Å². The highest BCUT2D eigenvalue weighted by molar-refractivity contribution is 6.33. The first-order valence-electron chi connectivity index (χ1n) is 7.27. The number of ether oxygens (including phenoxy) is 1. The molecule has 0 saturated heterocycles. The number of halogens is 1. The molecule has 0 fully saturated rings. The monoisotopic (exact) mass is 342 g/mol. The van der Waals surface area contributed by atoms with Crippen molar-refractivity contribution in [3.63, 3.8) is 0 Å². The number of hydrogen-bond donors (Lipinski definition) is 1. The fourth-order valence-corrected chi connectivity index (χ4v) is 2.63. The van der Waals surface area contributed by atoms with E-state index >= 15 is 0 Å². The molecule has 0 saturated carbocycles. The highest BCUT2D eigenvalue weighted by atomic mass is 35.5. The minimum atomic E-state index is -0.340. The third-order valence-electron chi connectivity index (χ3n) is 3.57. The summed E-state index contributed by atoms with van der Waals surface area (Å²) in [5.74, 6) is 0.643. The number of carbonyl (C=O) groups is 1. The van der Waals surface area contributed by atoms with Gasteiger partial charge in [-0.05, 0) is 25.1 Å². The van der Waals surface area contributed by atoms with Crippen molar-refractivity contribution in [2.45, 2.75) is 6.92 Å². The molecule has 1 heterocycles. The molecule has 0 aliphatic heterocycles. The number of methoxy groups -OCH3 is 1. The summed E-state index contributed by atoms with van der Waals surface area (Å²) in [6.45, 7) is 1.69. The number of amides is 1. The first-order chi connectivity index (χ1) is 11.6. The van der Waals surface area contributed by atoms with E-state index in [9.17, 15) is 4.79 Å². The van der Waals surface area contributed by atoms with Crippen LogP contribution < -0.4 is 10.1 Å². The minimum Gasteiger partial charge on any atom is -0.495 e. The molecule has 5 nitrogen and oxygen atoms in total. The summed E-state index contributed by atoms with van der Waals surface area (Å²) in [6, 6.07) is 14.3. The molecule has 122 valence electrons. The van der Waals surface area contributed by atoms with Crippen molar-refractivity contribution in [3.8, 4) is 17.0 Å². The summed E-state index contributed by atoms with van der Waals surface area (Å²) in [4.78, 5) is 12.8. The summed E-state index contributed by atoms with van der Waals surface area (Å²) in [6.07, 6.45) is 0. The van der Waals surface area contributed by atoms with Gasteiger partial charge in [-0.1, -0.05) is 47.1 Å². The largest absolute Gasteiger partial charge is 0.495 e. The molecule has 0 radical (unpaired) electrons. The number of para-hydroxylation sites is 2. The van der Waals surface area contributed by atoms with Gasteiger partial charge in [-0.15, -0.1) is 0 Å². The van der Waals surface area contributed by atoms with Crippen LogP contribution in [0.2, 0.25) is 5.02 Å². The molecular formula is C18H15ClN2O3. The average Bonchev–Trinajstić information content (AvgIpc) is 2.97. The van der Waals surface area contributed by atoms with E-state index in [-0.39, 0.29) is 5.91 Å². The van der Waals surface area contributed by atoms with Gasteiger partial charge in [0.1, 0.15) is 22.8 Å². The van der Waals surface area contributed by atoms with Gasteiger partial charge in [0.2, 0.25) is 0 Å². The SMILES string of the molecule is COc1ccccc1NC(=O)c1c(-c2ccccc2Cl)noc1C. The Balaban J connectivity index is 2.00. The Morgan fingerprint density at radius 1 is 1.17 bits per heavy atom. The number of hydrogen-bond acceptors (Lipinski definition) is 4. The maximum Gasteiger partial charge on any atom is 0.261 e. The second kappa shape index (κ2) is 6.76. The summed E-state index contributed by atoms with van der Waals surface area (Å²) >= 11 is 6.22. The van der Waals surface area contributed by atoms with Crippen LogP contribution in [0.25, 0.3) is 11.3 Å². The zero-order valence-corrected chi connectivity index (χ0v) is 13.9. The first-order valence-corrected chi connectivity index (χ1v) is 7.65. The highest BCUT2D eigenvalue weighted by Gasteiger charge is 2.23. The maximum atomic E-state index is 12.8. The van der Waals surface area contributed by atoms with Gasteiger partial charge < -0.3 is 14.6 Å². The van der Waals surface area contributed by atoms with Gasteiger partial charge >= 0.3 is 0 Å². The quantitative estimate of drug-likeness (QED) is 0.754. The van der Waals surface area contributed by atoms with Gasteiger partial charge in [0.25, 0.3) is 5.91 Å². The molecular weight excluding hydrogens is 328 g/mol. The van der Waals surface area contributed by atoms with Crippen LogP contribution in [0.4, 0.5) is 5.69 Å². The Labute approximate surface area is 144 Å². The molecule has 0 aliphatic carbocycles. The molecule has 2 aromatic carbocycles. The first kappa shape index (κ1) is 16.1. The van der Waals surface area contributed by atoms with E-state index in [0.717, 1.165) is 0 Å².